The third kappa shape index (κ3) is 2.70. The predicted octanol–water partition coefficient (Wildman–Crippen LogP) is 3.37. The van der Waals surface area contributed by atoms with Crippen LogP contribution in [0, 0.1) is 0 Å². The summed E-state index contributed by atoms with van der Waals surface area (Å²) in [6.07, 6.45) is 4.94. The standard InChI is InChI=1S/C14H19N3S/c1-3-10(9-18-2)17-14-11-6-4-5-7-13(11)16-8-12(14)15/h4-8,10H,3,9,15H2,1-2H3,(H,16,17). The van der Waals surface area contributed by atoms with Gasteiger partial charge in [-0.25, -0.2) is 0 Å². The van der Waals surface area contributed by atoms with E-state index in [4.69, 9.17) is 5.73 Å². The molecule has 0 fully saturated rings. The fraction of sp³-hybridized carbons (Fsp3) is 0.357. The molecule has 3 N–H and O–H groups in total. The molecular weight excluding hydrogens is 242 g/mol. The van der Waals surface area contributed by atoms with Crippen LogP contribution in [0.5, 0.6) is 0 Å². The van der Waals surface area contributed by atoms with E-state index >= 15 is 0 Å². The van der Waals surface area contributed by atoms with E-state index in [2.05, 4.69) is 29.5 Å². The van der Waals surface area contributed by atoms with E-state index in [1.54, 1.807) is 6.20 Å². The van der Waals surface area contributed by atoms with Gasteiger partial charge in [0.1, 0.15) is 0 Å². The lowest BCUT2D eigenvalue weighted by atomic mass is 10.1. The first-order chi connectivity index (χ1) is 8.76. The van der Waals surface area contributed by atoms with E-state index in [0.29, 0.717) is 11.7 Å². The highest BCUT2D eigenvalue weighted by molar-refractivity contribution is 7.98. The van der Waals surface area contributed by atoms with Crippen molar-refractivity contribution in [3.63, 3.8) is 0 Å². The van der Waals surface area contributed by atoms with Crippen LogP contribution in [0.2, 0.25) is 0 Å². The highest BCUT2D eigenvalue weighted by atomic mass is 32.2. The number of nitrogens with zero attached hydrogens (tertiary/aromatic N) is 1. The first-order valence-electron chi connectivity index (χ1n) is 6.15. The van der Waals surface area contributed by atoms with Gasteiger partial charge in [0, 0.05) is 17.2 Å². The minimum absolute atomic E-state index is 0.438. The van der Waals surface area contributed by atoms with Crippen LogP contribution in [-0.4, -0.2) is 23.0 Å². The maximum Gasteiger partial charge on any atom is 0.0743 e. The molecule has 1 atom stereocenters. The van der Waals surface area contributed by atoms with Gasteiger partial charge >= 0.3 is 0 Å². The summed E-state index contributed by atoms with van der Waals surface area (Å²) in [5, 5.41) is 4.65. The molecule has 0 spiro atoms. The van der Waals surface area contributed by atoms with Crippen molar-refractivity contribution in [2.45, 2.75) is 19.4 Å². The van der Waals surface area contributed by atoms with Gasteiger partial charge in [-0.05, 0) is 18.7 Å². The second-order valence-corrected chi connectivity index (χ2v) is 5.22. The molecule has 0 amide bonds. The fourth-order valence-electron chi connectivity index (χ4n) is 1.98. The van der Waals surface area contributed by atoms with Gasteiger partial charge in [-0.3, -0.25) is 4.98 Å². The molecule has 0 aliphatic rings. The Morgan fingerprint density at radius 1 is 1.39 bits per heavy atom. The van der Waals surface area contributed by atoms with Gasteiger partial charge in [0.05, 0.1) is 23.1 Å². The number of thioether (sulfide) groups is 1. The predicted molar refractivity (Wildman–Crippen MR) is 82.2 cm³/mol. The summed E-state index contributed by atoms with van der Waals surface area (Å²) >= 11 is 1.85. The van der Waals surface area contributed by atoms with Gasteiger partial charge in [-0.1, -0.05) is 25.1 Å². The largest absolute Gasteiger partial charge is 0.396 e. The molecule has 2 rings (SSSR count). The number of para-hydroxylation sites is 1. The molecule has 3 nitrogen and oxygen atoms in total. The quantitative estimate of drug-likeness (QED) is 0.866. The van der Waals surface area contributed by atoms with E-state index in [1.807, 2.05) is 30.0 Å². The summed E-state index contributed by atoms with van der Waals surface area (Å²) < 4.78 is 0. The van der Waals surface area contributed by atoms with Crippen molar-refractivity contribution in [1.29, 1.82) is 0 Å². The van der Waals surface area contributed by atoms with Crippen LogP contribution in [0.3, 0.4) is 0 Å². The Hall–Kier alpha value is -1.42. The molecule has 18 heavy (non-hydrogen) atoms. The smallest absolute Gasteiger partial charge is 0.0743 e. The van der Waals surface area contributed by atoms with E-state index in [9.17, 15) is 0 Å². The van der Waals surface area contributed by atoms with Crippen LogP contribution in [-0.2, 0) is 0 Å². The number of aromatic nitrogens is 1. The zero-order chi connectivity index (χ0) is 13.0. The zero-order valence-corrected chi connectivity index (χ0v) is 11.6. The molecule has 0 bridgehead atoms. The molecule has 1 unspecified atom stereocenters. The average Bonchev–Trinajstić information content (AvgIpc) is 2.41. The topological polar surface area (TPSA) is 50.9 Å². The van der Waals surface area contributed by atoms with Crippen molar-refractivity contribution in [1.82, 2.24) is 4.98 Å². The Labute approximate surface area is 112 Å². The zero-order valence-electron chi connectivity index (χ0n) is 10.8. The summed E-state index contributed by atoms with van der Waals surface area (Å²) in [5.41, 5.74) is 8.77. The number of nitrogens with two attached hydrogens (primary N) is 1. The van der Waals surface area contributed by atoms with Crippen LogP contribution in [0.1, 0.15) is 13.3 Å². The third-order valence-electron chi connectivity index (χ3n) is 3.01. The van der Waals surface area contributed by atoms with E-state index < -0.39 is 0 Å². The lowest BCUT2D eigenvalue weighted by Gasteiger charge is -2.19. The van der Waals surface area contributed by atoms with E-state index in [1.165, 1.54) is 0 Å². The third-order valence-corrected chi connectivity index (χ3v) is 3.75. The molecule has 2 aromatic rings. The second kappa shape index (κ2) is 5.96. The number of fused-ring (bicyclic) bond motifs is 1. The average molecular weight is 261 g/mol. The number of nitrogen functional groups attached to an aromatic ring is 1. The Bertz CT molecular complexity index is 527. The van der Waals surface area contributed by atoms with Crippen molar-refractivity contribution in [2.75, 3.05) is 23.1 Å². The summed E-state index contributed by atoms with van der Waals surface area (Å²) in [6.45, 7) is 2.19. The number of pyridine rings is 1. The number of nitrogens with one attached hydrogen (secondary N) is 1. The number of hydrogen-bond donors (Lipinski definition) is 2. The van der Waals surface area contributed by atoms with Crippen molar-refractivity contribution in [3.8, 4) is 0 Å². The number of hydrogen-bond acceptors (Lipinski definition) is 4. The summed E-state index contributed by atoms with van der Waals surface area (Å²) in [4.78, 5) is 4.35. The molecule has 1 aromatic heterocycles. The minimum atomic E-state index is 0.438. The second-order valence-electron chi connectivity index (χ2n) is 4.31. The summed E-state index contributed by atoms with van der Waals surface area (Å²) in [6, 6.07) is 8.52. The monoisotopic (exact) mass is 261 g/mol. The Morgan fingerprint density at radius 2 is 2.17 bits per heavy atom. The molecule has 4 heteroatoms. The first kappa shape index (κ1) is 13.0. The van der Waals surface area contributed by atoms with Crippen molar-refractivity contribution >= 4 is 34.0 Å². The highest BCUT2D eigenvalue weighted by Gasteiger charge is 2.11. The lowest BCUT2D eigenvalue weighted by molar-refractivity contribution is 0.776. The summed E-state index contributed by atoms with van der Waals surface area (Å²) in [7, 11) is 0. The summed E-state index contributed by atoms with van der Waals surface area (Å²) in [5.74, 6) is 1.08. The van der Waals surface area contributed by atoms with Crippen LogP contribution in [0.4, 0.5) is 11.4 Å². The molecule has 0 aliphatic carbocycles. The molecular formula is C14H19N3S. The van der Waals surface area contributed by atoms with Gasteiger partial charge in [0.25, 0.3) is 0 Å². The van der Waals surface area contributed by atoms with Crippen molar-refractivity contribution in [2.24, 2.45) is 0 Å². The van der Waals surface area contributed by atoms with Crippen LogP contribution in [0.15, 0.2) is 30.5 Å². The molecule has 96 valence electrons. The van der Waals surface area contributed by atoms with Gasteiger partial charge in [-0.15, -0.1) is 0 Å². The fourth-order valence-corrected chi connectivity index (χ4v) is 2.71. The van der Waals surface area contributed by atoms with Gasteiger partial charge in [-0.2, -0.15) is 11.8 Å². The van der Waals surface area contributed by atoms with Gasteiger partial charge in [0.2, 0.25) is 0 Å². The number of rotatable bonds is 5. The van der Waals surface area contributed by atoms with Gasteiger partial charge < -0.3 is 11.1 Å². The van der Waals surface area contributed by atoms with Gasteiger partial charge in [0.15, 0.2) is 0 Å². The molecule has 0 saturated heterocycles. The van der Waals surface area contributed by atoms with Crippen molar-refractivity contribution in [3.05, 3.63) is 30.5 Å². The number of benzene rings is 1. The highest BCUT2D eigenvalue weighted by Crippen LogP contribution is 2.28. The maximum absolute atomic E-state index is 6.05. The molecule has 0 radical (unpaired) electrons. The van der Waals surface area contributed by atoms with Crippen LogP contribution in [0.25, 0.3) is 10.9 Å². The normalized spacial score (nSPS) is 12.6. The Morgan fingerprint density at radius 3 is 2.89 bits per heavy atom. The van der Waals surface area contributed by atoms with Crippen molar-refractivity contribution < 1.29 is 0 Å². The minimum Gasteiger partial charge on any atom is -0.396 e. The van der Waals surface area contributed by atoms with E-state index in [0.717, 1.165) is 28.8 Å². The molecule has 1 aromatic carbocycles. The number of anilines is 2. The maximum atomic E-state index is 6.05. The van der Waals surface area contributed by atoms with Crippen LogP contribution < -0.4 is 11.1 Å². The Kier molecular flexibility index (Phi) is 4.31. The molecule has 0 saturated carbocycles. The lowest BCUT2D eigenvalue weighted by Crippen LogP contribution is -2.22. The SMILES string of the molecule is CCC(CSC)Nc1c(N)cnc2ccccc12. The first-order valence-corrected chi connectivity index (χ1v) is 7.54. The van der Waals surface area contributed by atoms with E-state index in [-0.39, 0.29) is 0 Å². The molecule has 1 heterocycles. The van der Waals surface area contributed by atoms with Crippen LogP contribution >= 0.6 is 11.8 Å². The Balaban J connectivity index is 2.39. The molecule has 0 aliphatic heterocycles.